The van der Waals surface area contributed by atoms with Gasteiger partial charge in [0.25, 0.3) is 0 Å². The first-order valence-corrected chi connectivity index (χ1v) is 5.69. The molecular formula is C12H15N3O. The van der Waals surface area contributed by atoms with Gasteiger partial charge in [0.15, 0.2) is 0 Å². The Morgan fingerprint density at radius 2 is 2.38 bits per heavy atom. The average molecular weight is 217 g/mol. The van der Waals surface area contributed by atoms with Gasteiger partial charge in [-0.3, -0.25) is 5.10 Å². The van der Waals surface area contributed by atoms with Gasteiger partial charge in [0, 0.05) is 11.1 Å². The van der Waals surface area contributed by atoms with Crippen LogP contribution in [0.25, 0.3) is 10.9 Å². The number of hydrogen-bond donors (Lipinski definition) is 3. The first-order valence-electron chi connectivity index (χ1n) is 5.69. The molecule has 0 bridgehead atoms. The van der Waals surface area contributed by atoms with Crippen molar-refractivity contribution in [3.05, 3.63) is 23.9 Å². The average Bonchev–Trinajstić information content (AvgIpc) is 2.90. The van der Waals surface area contributed by atoms with E-state index in [1.165, 1.54) is 6.42 Å². The number of rotatable bonds is 2. The summed E-state index contributed by atoms with van der Waals surface area (Å²) in [7, 11) is 0. The number of benzene rings is 1. The van der Waals surface area contributed by atoms with Gasteiger partial charge >= 0.3 is 0 Å². The van der Waals surface area contributed by atoms with E-state index in [9.17, 15) is 5.11 Å². The molecule has 84 valence electrons. The Balaban J connectivity index is 1.93. The van der Waals surface area contributed by atoms with Crippen LogP contribution in [0.3, 0.4) is 0 Å². The summed E-state index contributed by atoms with van der Waals surface area (Å²) in [5.41, 5.74) is 2.07. The molecule has 0 radical (unpaired) electrons. The van der Waals surface area contributed by atoms with Crippen LogP contribution in [-0.4, -0.2) is 28.4 Å². The van der Waals surface area contributed by atoms with Crippen molar-refractivity contribution in [3.8, 4) is 5.75 Å². The summed E-state index contributed by atoms with van der Waals surface area (Å²) in [6, 6.07) is 5.30. The van der Waals surface area contributed by atoms with Crippen molar-refractivity contribution in [2.24, 2.45) is 5.92 Å². The highest BCUT2D eigenvalue weighted by Gasteiger charge is 2.17. The third-order valence-electron chi connectivity index (χ3n) is 3.27. The fourth-order valence-corrected chi connectivity index (χ4v) is 2.38. The molecule has 1 atom stereocenters. The fourth-order valence-electron chi connectivity index (χ4n) is 2.38. The van der Waals surface area contributed by atoms with E-state index in [1.807, 2.05) is 6.07 Å². The van der Waals surface area contributed by atoms with Crippen molar-refractivity contribution in [2.75, 3.05) is 13.1 Å². The number of nitrogens with zero attached hydrogens (tertiary/aromatic N) is 1. The number of phenols is 1. The van der Waals surface area contributed by atoms with Gasteiger partial charge in [-0.1, -0.05) is 0 Å². The Kier molecular flexibility index (Phi) is 2.29. The van der Waals surface area contributed by atoms with E-state index < -0.39 is 0 Å². The summed E-state index contributed by atoms with van der Waals surface area (Å²) in [4.78, 5) is 0. The number of aromatic amines is 1. The molecule has 4 nitrogen and oxygen atoms in total. The van der Waals surface area contributed by atoms with Crippen LogP contribution < -0.4 is 5.32 Å². The van der Waals surface area contributed by atoms with E-state index in [2.05, 4.69) is 15.5 Å². The number of phenolic OH excluding ortho intramolecular Hbond substituents is 1. The lowest BCUT2D eigenvalue weighted by Gasteiger charge is -2.05. The van der Waals surface area contributed by atoms with E-state index in [-0.39, 0.29) is 0 Å². The maximum Gasteiger partial charge on any atom is 0.116 e. The quantitative estimate of drug-likeness (QED) is 0.713. The molecule has 1 aromatic heterocycles. The Morgan fingerprint density at radius 1 is 1.44 bits per heavy atom. The number of H-pyrrole nitrogens is 1. The Hall–Kier alpha value is -1.55. The smallest absolute Gasteiger partial charge is 0.116 e. The number of nitrogens with one attached hydrogen (secondary N) is 2. The third-order valence-corrected chi connectivity index (χ3v) is 3.27. The van der Waals surface area contributed by atoms with Crippen molar-refractivity contribution in [2.45, 2.75) is 12.8 Å². The molecule has 1 fully saturated rings. The molecule has 0 amide bonds. The summed E-state index contributed by atoms with van der Waals surface area (Å²) in [5.74, 6) is 0.991. The zero-order valence-corrected chi connectivity index (χ0v) is 9.03. The summed E-state index contributed by atoms with van der Waals surface area (Å²) in [6.07, 6.45) is 2.23. The number of hydrogen-bond acceptors (Lipinski definition) is 3. The van der Waals surface area contributed by atoms with Crippen molar-refractivity contribution in [1.82, 2.24) is 15.5 Å². The zero-order valence-electron chi connectivity index (χ0n) is 9.03. The van der Waals surface area contributed by atoms with Crippen molar-refractivity contribution < 1.29 is 5.11 Å². The van der Waals surface area contributed by atoms with Crippen molar-refractivity contribution in [1.29, 1.82) is 0 Å². The van der Waals surface area contributed by atoms with Gasteiger partial charge in [0.05, 0.1) is 5.52 Å². The molecule has 1 unspecified atom stereocenters. The monoisotopic (exact) mass is 217 g/mol. The first-order chi connectivity index (χ1) is 7.83. The molecule has 3 N–H and O–H groups in total. The molecule has 2 heterocycles. The highest BCUT2D eigenvalue weighted by molar-refractivity contribution is 5.82. The molecular weight excluding hydrogens is 202 g/mol. The van der Waals surface area contributed by atoms with Crippen LogP contribution in [0, 0.1) is 5.92 Å². The SMILES string of the molecule is Oc1ccc2n[nH]c(CC3CCNC3)c2c1. The van der Waals surface area contributed by atoms with Crippen molar-refractivity contribution >= 4 is 10.9 Å². The molecule has 0 saturated carbocycles. The minimum Gasteiger partial charge on any atom is -0.508 e. The van der Waals surface area contributed by atoms with Crippen LogP contribution >= 0.6 is 0 Å². The molecule has 1 aromatic carbocycles. The Labute approximate surface area is 93.7 Å². The number of fused-ring (bicyclic) bond motifs is 1. The van der Waals surface area contributed by atoms with Gasteiger partial charge in [0.1, 0.15) is 5.75 Å². The lowest BCUT2D eigenvalue weighted by Crippen LogP contribution is -2.11. The topological polar surface area (TPSA) is 60.9 Å². The lowest BCUT2D eigenvalue weighted by atomic mass is 10.0. The highest BCUT2D eigenvalue weighted by Crippen LogP contribution is 2.24. The maximum atomic E-state index is 9.48. The van der Waals surface area contributed by atoms with Crippen LogP contribution in [0.1, 0.15) is 12.1 Å². The van der Waals surface area contributed by atoms with Crippen LogP contribution in [0.2, 0.25) is 0 Å². The largest absolute Gasteiger partial charge is 0.508 e. The van der Waals surface area contributed by atoms with Gasteiger partial charge in [-0.15, -0.1) is 0 Å². The molecule has 16 heavy (non-hydrogen) atoms. The molecule has 1 saturated heterocycles. The number of aromatic hydroxyl groups is 1. The Morgan fingerprint density at radius 3 is 3.19 bits per heavy atom. The van der Waals surface area contributed by atoms with E-state index in [0.717, 1.165) is 36.1 Å². The van der Waals surface area contributed by atoms with E-state index in [1.54, 1.807) is 12.1 Å². The second-order valence-corrected chi connectivity index (χ2v) is 4.47. The van der Waals surface area contributed by atoms with Crippen LogP contribution in [0.15, 0.2) is 18.2 Å². The highest BCUT2D eigenvalue weighted by atomic mass is 16.3. The minimum absolute atomic E-state index is 0.305. The first kappa shape index (κ1) is 9.66. The molecule has 1 aliphatic rings. The van der Waals surface area contributed by atoms with Gasteiger partial charge < -0.3 is 10.4 Å². The van der Waals surface area contributed by atoms with Gasteiger partial charge in [-0.2, -0.15) is 5.10 Å². The molecule has 0 spiro atoms. The van der Waals surface area contributed by atoms with Gasteiger partial charge in [-0.05, 0) is 50.0 Å². The predicted octanol–water partition coefficient (Wildman–Crippen LogP) is 1.42. The number of aromatic nitrogens is 2. The van der Waals surface area contributed by atoms with Crippen molar-refractivity contribution in [3.63, 3.8) is 0 Å². The summed E-state index contributed by atoms with van der Waals surface area (Å²) in [5, 5.41) is 21.2. The van der Waals surface area contributed by atoms with Crippen LogP contribution in [-0.2, 0) is 6.42 Å². The van der Waals surface area contributed by atoms with Crippen LogP contribution in [0.4, 0.5) is 0 Å². The third kappa shape index (κ3) is 1.65. The second kappa shape index (κ2) is 3.79. The van der Waals surface area contributed by atoms with Crippen LogP contribution in [0.5, 0.6) is 5.75 Å². The summed E-state index contributed by atoms with van der Waals surface area (Å²) in [6.45, 7) is 2.20. The molecule has 4 heteroatoms. The Bertz CT molecular complexity index is 500. The normalized spacial score (nSPS) is 20.6. The van der Waals surface area contributed by atoms with E-state index >= 15 is 0 Å². The van der Waals surface area contributed by atoms with E-state index in [0.29, 0.717) is 11.7 Å². The minimum atomic E-state index is 0.305. The predicted molar refractivity (Wildman–Crippen MR) is 62.4 cm³/mol. The lowest BCUT2D eigenvalue weighted by molar-refractivity contribution is 0.476. The standard InChI is InChI=1S/C12H15N3O/c16-9-1-2-11-10(6-9)12(15-14-11)5-8-3-4-13-7-8/h1-2,6,8,13,16H,3-5,7H2,(H,14,15). The van der Waals surface area contributed by atoms with Gasteiger partial charge in [0.2, 0.25) is 0 Å². The van der Waals surface area contributed by atoms with E-state index in [4.69, 9.17) is 0 Å². The maximum absolute atomic E-state index is 9.48. The molecule has 0 aliphatic carbocycles. The second-order valence-electron chi connectivity index (χ2n) is 4.47. The molecule has 1 aliphatic heterocycles. The fraction of sp³-hybridized carbons (Fsp3) is 0.417. The summed E-state index contributed by atoms with van der Waals surface area (Å²) < 4.78 is 0. The zero-order chi connectivity index (χ0) is 11.0. The van der Waals surface area contributed by atoms with Gasteiger partial charge in [-0.25, -0.2) is 0 Å². The summed E-state index contributed by atoms with van der Waals surface area (Å²) >= 11 is 0. The molecule has 2 aromatic rings. The molecule has 3 rings (SSSR count).